The van der Waals surface area contributed by atoms with Crippen molar-refractivity contribution in [2.24, 2.45) is 0 Å². The van der Waals surface area contributed by atoms with Crippen LogP contribution in [-0.2, 0) is 10.0 Å². The van der Waals surface area contributed by atoms with Gasteiger partial charge < -0.3 is 4.90 Å². The number of nitrogens with zero attached hydrogens (tertiary/aromatic N) is 4. The summed E-state index contributed by atoms with van der Waals surface area (Å²) in [5.74, 6) is 0. The molecule has 3 rings (SSSR count). The van der Waals surface area contributed by atoms with Gasteiger partial charge in [0.1, 0.15) is 0 Å². The molecular formula is C19H19ClN4O4S. The van der Waals surface area contributed by atoms with Gasteiger partial charge in [0.15, 0.2) is 0 Å². The van der Waals surface area contributed by atoms with E-state index in [0.29, 0.717) is 31.6 Å². The van der Waals surface area contributed by atoms with Gasteiger partial charge in [-0.15, -0.1) is 0 Å². The molecule has 0 spiro atoms. The molecule has 1 aliphatic heterocycles. The molecule has 8 nitrogen and oxygen atoms in total. The summed E-state index contributed by atoms with van der Waals surface area (Å²) >= 11 is 6.05. The first-order valence-corrected chi connectivity index (χ1v) is 10.8. The van der Waals surface area contributed by atoms with E-state index in [-0.39, 0.29) is 27.7 Å². The molecule has 1 aliphatic rings. The summed E-state index contributed by atoms with van der Waals surface area (Å²) in [6.45, 7) is 3.15. The number of hydrogen-bond acceptors (Lipinski definition) is 6. The van der Waals surface area contributed by atoms with Crippen molar-refractivity contribution in [1.82, 2.24) is 4.31 Å². The van der Waals surface area contributed by atoms with Crippen molar-refractivity contribution in [1.29, 1.82) is 5.26 Å². The van der Waals surface area contributed by atoms with Crippen LogP contribution in [0, 0.1) is 28.4 Å². The first-order chi connectivity index (χ1) is 13.7. The molecule has 0 amide bonds. The Morgan fingerprint density at radius 1 is 1.14 bits per heavy atom. The van der Waals surface area contributed by atoms with E-state index in [1.807, 2.05) is 12.1 Å². The van der Waals surface area contributed by atoms with E-state index in [2.05, 4.69) is 11.0 Å². The number of nitro benzene ring substituents is 1. The minimum Gasteiger partial charge on any atom is -0.370 e. The third-order valence-corrected chi connectivity index (χ3v) is 7.21. The Morgan fingerprint density at radius 2 is 1.83 bits per heavy atom. The molecule has 0 saturated carbocycles. The van der Waals surface area contributed by atoms with Crippen LogP contribution >= 0.6 is 11.6 Å². The molecule has 0 atom stereocenters. The van der Waals surface area contributed by atoms with Crippen molar-refractivity contribution in [2.45, 2.75) is 18.2 Å². The number of sulfonamides is 1. The molecule has 0 bridgehead atoms. The van der Waals surface area contributed by atoms with E-state index >= 15 is 0 Å². The van der Waals surface area contributed by atoms with Crippen LogP contribution < -0.4 is 4.90 Å². The topological polar surface area (TPSA) is 108 Å². The molecule has 0 aliphatic carbocycles. The van der Waals surface area contributed by atoms with E-state index in [9.17, 15) is 18.5 Å². The highest BCUT2D eigenvalue weighted by Gasteiger charge is 2.30. The summed E-state index contributed by atoms with van der Waals surface area (Å²) < 4.78 is 27.5. The number of rotatable bonds is 4. The van der Waals surface area contributed by atoms with Crippen LogP contribution in [0.1, 0.15) is 17.5 Å². The molecule has 0 N–H and O–H groups in total. The predicted octanol–water partition coefficient (Wildman–Crippen LogP) is 3.33. The summed E-state index contributed by atoms with van der Waals surface area (Å²) in [7, 11) is -3.92. The van der Waals surface area contributed by atoms with Gasteiger partial charge in [0, 0.05) is 43.5 Å². The van der Waals surface area contributed by atoms with Gasteiger partial charge in [-0.2, -0.15) is 9.57 Å². The molecule has 0 radical (unpaired) electrons. The number of anilines is 1. The number of nitriles is 1. The summed E-state index contributed by atoms with van der Waals surface area (Å²) in [5, 5.41) is 20.2. The first-order valence-electron chi connectivity index (χ1n) is 8.94. The van der Waals surface area contributed by atoms with Crippen LogP contribution in [0.4, 0.5) is 11.4 Å². The lowest BCUT2D eigenvalue weighted by atomic mass is 10.2. The lowest BCUT2D eigenvalue weighted by molar-refractivity contribution is -0.385. The van der Waals surface area contributed by atoms with Crippen molar-refractivity contribution in [2.75, 3.05) is 31.1 Å². The van der Waals surface area contributed by atoms with E-state index < -0.39 is 14.9 Å². The molecule has 2 aromatic carbocycles. The Balaban J connectivity index is 1.84. The first kappa shape index (κ1) is 21.0. The second-order valence-corrected chi connectivity index (χ2v) is 9.05. The molecule has 2 aromatic rings. The molecule has 1 fully saturated rings. The number of halogens is 1. The van der Waals surface area contributed by atoms with Crippen LogP contribution in [0.3, 0.4) is 0 Å². The van der Waals surface area contributed by atoms with Crippen molar-refractivity contribution < 1.29 is 13.3 Å². The molecule has 0 aromatic heterocycles. The lowest BCUT2D eigenvalue weighted by Crippen LogP contribution is -2.35. The van der Waals surface area contributed by atoms with Crippen molar-refractivity contribution in [3.8, 4) is 6.07 Å². The van der Waals surface area contributed by atoms with Gasteiger partial charge in [-0.05, 0) is 43.7 Å². The van der Waals surface area contributed by atoms with E-state index in [1.165, 1.54) is 17.3 Å². The smallest absolute Gasteiger partial charge is 0.275 e. The molecule has 0 unspecified atom stereocenters. The minimum absolute atomic E-state index is 0.0480. The van der Waals surface area contributed by atoms with Crippen molar-refractivity contribution in [3.63, 3.8) is 0 Å². The zero-order valence-electron chi connectivity index (χ0n) is 15.7. The fourth-order valence-electron chi connectivity index (χ4n) is 3.27. The molecule has 1 heterocycles. The monoisotopic (exact) mass is 434 g/mol. The highest BCUT2D eigenvalue weighted by Crippen LogP contribution is 2.31. The quantitative estimate of drug-likeness (QED) is 0.539. The number of hydrogen-bond donors (Lipinski definition) is 0. The van der Waals surface area contributed by atoms with E-state index in [0.717, 1.165) is 11.8 Å². The van der Waals surface area contributed by atoms with Crippen molar-refractivity contribution >= 4 is 33.0 Å². The zero-order chi connectivity index (χ0) is 21.2. The Labute approximate surface area is 174 Å². The number of nitro groups is 1. The average molecular weight is 435 g/mol. The van der Waals surface area contributed by atoms with Crippen LogP contribution in [0.2, 0.25) is 5.02 Å². The highest BCUT2D eigenvalue weighted by atomic mass is 35.5. The average Bonchev–Trinajstić information content (AvgIpc) is 2.96. The van der Waals surface area contributed by atoms with Gasteiger partial charge in [0.05, 0.1) is 26.5 Å². The van der Waals surface area contributed by atoms with Crippen LogP contribution in [0.5, 0.6) is 0 Å². The predicted molar refractivity (Wildman–Crippen MR) is 110 cm³/mol. The van der Waals surface area contributed by atoms with E-state index in [1.54, 1.807) is 12.1 Å². The molecular weight excluding hydrogens is 416 g/mol. The zero-order valence-corrected chi connectivity index (χ0v) is 17.3. The van der Waals surface area contributed by atoms with Crippen LogP contribution in [-0.4, -0.2) is 43.8 Å². The van der Waals surface area contributed by atoms with Crippen molar-refractivity contribution in [3.05, 3.63) is 62.7 Å². The second-order valence-electron chi connectivity index (χ2n) is 6.71. The second kappa shape index (κ2) is 8.37. The van der Waals surface area contributed by atoms with Crippen LogP contribution in [0.25, 0.3) is 0 Å². The third kappa shape index (κ3) is 4.34. The Morgan fingerprint density at radius 3 is 2.45 bits per heavy atom. The van der Waals surface area contributed by atoms with Gasteiger partial charge >= 0.3 is 0 Å². The maximum Gasteiger partial charge on any atom is 0.275 e. The largest absolute Gasteiger partial charge is 0.370 e. The third-order valence-electron chi connectivity index (χ3n) is 4.94. The lowest BCUT2D eigenvalue weighted by Gasteiger charge is -2.23. The van der Waals surface area contributed by atoms with Gasteiger partial charge in [-0.3, -0.25) is 10.1 Å². The van der Waals surface area contributed by atoms with Gasteiger partial charge in [-0.25, -0.2) is 8.42 Å². The molecule has 10 heteroatoms. The van der Waals surface area contributed by atoms with Gasteiger partial charge in [-0.1, -0.05) is 11.6 Å². The molecule has 29 heavy (non-hydrogen) atoms. The highest BCUT2D eigenvalue weighted by molar-refractivity contribution is 7.89. The fraction of sp³-hybridized carbons (Fsp3) is 0.316. The maximum atomic E-state index is 13.1. The summed E-state index contributed by atoms with van der Waals surface area (Å²) in [6.07, 6.45) is 0.598. The van der Waals surface area contributed by atoms with E-state index in [4.69, 9.17) is 16.9 Å². The standard InChI is InChI=1S/C19H19ClN4O4S/c1-14-18(20)11-17(12-19(14)24(25)26)29(27,28)23-8-2-7-22(9-10-23)16-5-3-15(13-21)4-6-16/h3-6,11-12H,2,7-10H2,1H3. The Hall–Kier alpha value is -2.67. The Kier molecular flexibility index (Phi) is 6.07. The van der Waals surface area contributed by atoms with Gasteiger partial charge in [0.25, 0.3) is 5.69 Å². The normalized spacial score (nSPS) is 15.6. The minimum atomic E-state index is -3.92. The SMILES string of the molecule is Cc1c(Cl)cc(S(=O)(=O)N2CCCN(c3ccc(C#N)cc3)CC2)cc1[N+](=O)[O-]. The summed E-state index contributed by atoms with van der Waals surface area (Å²) in [5.41, 5.74) is 1.39. The van der Waals surface area contributed by atoms with Gasteiger partial charge in [0.2, 0.25) is 10.0 Å². The number of benzene rings is 2. The van der Waals surface area contributed by atoms with Crippen LogP contribution in [0.15, 0.2) is 41.3 Å². The summed E-state index contributed by atoms with van der Waals surface area (Å²) in [6, 6.07) is 11.5. The molecule has 1 saturated heterocycles. The maximum absolute atomic E-state index is 13.1. The fourth-order valence-corrected chi connectivity index (χ4v) is 5.06. The Bertz CT molecular complexity index is 1080. The molecule has 152 valence electrons. The summed E-state index contributed by atoms with van der Waals surface area (Å²) in [4.78, 5) is 12.5.